The minimum absolute atomic E-state index is 0.142. The van der Waals surface area contributed by atoms with Gasteiger partial charge in [0.2, 0.25) is 0 Å². The second-order valence-corrected chi connectivity index (χ2v) is 23.2. The summed E-state index contributed by atoms with van der Waals surface area (Å²) in [7, 11) is 0. The highest BCUT2D eigenvalue weighted by atomic mass is 16.5. The predicted octanol–water partition coefficient (Wildman–Crippen LogP) is 13.7. The summed E-state index contributed by atoms with van der Waals surface area (Å²) in [4.78, 5) is 29.2. The third kappa shape index (κ3) is 7.10. The van der Waals surface area contributed by atoms with Crippen molar-refractivity contribution < 1.29 is 28.5 Å². The summed E-state index contributed by atoms with van der Waals surface area (Å²) < 4.78 is 26.2. The Balaban J connectivity index is 1.07. The number of esters is 2. The van der Waals surface area contributed by atoms with Gasteiger partial charge in [-0.05, 0) is 222 Å². The smallest absolute Gasteiger partial charge is 0.338 e. The van der Waals surface area contributed by atoms with Gasteiger partial charge in [0.1, 0.15) is 36.2 Å². The number of ether oxygens (including phenoxy) is 4. The first kappa shape index (κ1) is 48.3. The van der Waals surface area contributed by atoms with E-state index in [1.165, 1.54) is 66.2 Å². The molecule has 0 fully saturated rings. The van der Waals surface area contributed by atoms with Crippen LogP contribution >= 0.6 is 0 Å². The number of benzene rings is 12. The third-order valence-corrected chi connectivity index (χ3v) is 17.9. The summed E-state index contributed by atoms with van der Waals surface area (Å²) in [6, 6.07) is 63.3. The summed E-state index contributed by atoms with van der Waals surface area (Å²) >= 11 is 0. The van der Waals surface area contributed by atoms with Crippen LogP contribution in [0.4, 0.5) is 0 Å². The molecule has 4 aliphatic rings. The Kier molecular flexibility index (Phi) is 10.6. The molecule has 0 spiro atoms. The highest BCUT2D eigenvalue weighted by molar-refractivity contribution is 7.01. The Bertz CT molecular complexity index is 4460. The van der Waals surface area contributed by atoms with Crippen molar-refractivity contribution in [2.75, 3.05) is 0 Å². The summed E-state index contributed by atoms with van der Waals surface area (Å²) in [5, 5.41) is 6.93. The average molecular weight is 1060 g/mol. The standard InChI is InChI=1S/C74H52B2O6/c1-39-25-41(3)65(42(4)26-39)49-33-51-55-29-47(73(77)79-37-45-17-9-7-10-18-45)31-63-71(55)76(58-22-14-16-24-62(58)81-63)60-36-54-50(66-43(5)27-40(2)28-44(66)6)34-52-56-30-48(74(78)80-38-46-19-11-8-12-20-46)32-64-72(56)75(57-21-13-15-23-61(57)82-64)59-35-53(49)69(67(51)60)70(54)68(52)59/h7-36H,37-38H2,1-6H3. The molecule has 12 aromatic carbocycles. The highest BCUT2D eigenvalue weighted by Crippen LogP contribution is 2.52. The molecule has 82 heavy (non-hydrogen) atoms. The van der Waals surface area contributed by atoms with Gasteiger partial charge in [-0.3, -0.25) is 0 Å². The number of hydrogen-bond donors (Lipinski definition) is 0. The van der Waals surface area contributed by atoms with E-state index in [4.69, 9.17) is 18.9 Å². The molecule has 0 bridgehead atoms. The molecule has 0 aliphatic carbocycles. The zero-order valence-corrected chi connectivity index (χ0v) is 46.3. The number of carbonyl (C=O) groups is 2. The van der Waals surface area contributed by atoms with E-state index in [1.54, 1.807) is 0 Å². The summed E-state index contributed by atoms with van der Waals surface area (Å²) in [5.41, 5.74) is 25.0. The van der Waals surface area contributed by atoms with Crippen LogP contribution < -0.4 is 42.3 Å². The van der Waals surface area contributed by atoms with E-state index in [9.17, 15) is 9.59 Å². The van der Waals surface area contributed by atoms with Crippen molar-refractivity contribution in [3.8, 4) is 67.5 Å². The van der Waals surface area contributed by atoms with Crippen LogP contribution in [0.1, 0.15) is 65.2 Å². The molecule has 4 heterocycles. The number of carbonyl (C=O) groups excluding carboxylic acids is 2. The fourth-order valence-electron chi connectivity index (χ4n) is 14.9. The lowest BCUT2D eigenvalue weighted by Crippen LogP contribution is -2.58. The topological polar surface area (TPSA) is 71.1 Å². The molecule has 0 amide bonds. The summed E-state index contributed by atoms with van der Waals surface area (Å²) in [5.74, 6) is 1.98. The van der Waals surface area contributed by atoms with E-state index in [1.807, 2.05) is 97.1 Å². The molecule has 0 N–H and O–H groups in total. The maximum Gasteiger partial charge on any atom is 0.338 e. The van der Waals surface area contributed by atoms with Crippen LogP contribution in [0.15, 0.2) is 182 Å². The molecule has 8 heteroatoms. The van der Waals surface area contributed by atoms with Gasteiger partial charge in [-0.15, -0.1) is 0 Å². The first-order chi connectivity index (χ1) is 39.9. The second-order valence-electron chi connectivity index (χ2n) is 23.2. The van der Waals surface area contributed by atoms with Gasteiger partial charge in [-0.1, -0.05) is 156 Å². The van der Waals surface area contributed by atoms with Gasteiger partial charge >= 0.3 is 11.9 Å². The highest BCUT2D eigenvalue weighted by Gasteiger charge is 2.45. The minimum atomic E-state index is -0.418. The molecular formula is C74H52B2O6. The summed E-state index contributed by atoms with van der Waals surface area (Å²) in [6.07, 6.45) is 0. The molecule has 0 saturated heterocycles. The van der Waals surface area contributed by atoms with Crippen LogP contribution in [0.25, 0.3) is 76.8 Å². The van der Waals surface area contributed by atoms with Crippen molar-refractivity contribution >= 4 is 90.5 Å². The molecule has 0 unspecified atom stereocenters. The molecule has 0 radical (unpaired) electrons. The lowest BCUT2D eigenvalue weighted by atomic mass is 9.31. The minimum Gasteiger partial charge on any atom is -0.458 e. The largest absolute Gasteiger partial charge is 0.458 e. The van der Waals surface area contributed by atoms with Crippen LogP contribution in [0.2, 0.25) is 0 Å². The Morgan fingerprint density at radius 3 is 1.15 bits per heavy atom. The molecule has 6 nitrogen and oxygen atoms in total. The monoisotopic (exact) mass is 1060 g/mol. The lowest BCUT2D eigenvalue weighted by Gasteiger charge is -2.38. The zero-order valence-electron chi connectivity index (χ0n) is 46.3. The van der Waals surface area contributed by atoms with E-state index in [0.29, 0.717) is 22.6 Å². The van der Waals surface area contributed by atoms with Gasteiger partial charge in [0.25, 0.3) is 13.4 Å². The van der Waals surface area contributed by atoms with Crippen LogP contribution in [0, 0.1) is 41.5 Å². The number of para-hydroxylation sites is 2. The maximum absolute atomic E-state index is 14.6. The molecule has 0 aromatic heterocycles. The van der Waals surface area contributed by atoms with Gasteiger partial charge in [-0.25, -0.2) is 9.59 Å². The van der Waals surface area contributed by atoms with Crippen LogP contribution in [0.5, 0.6) is 23.0 Å². The van der Waals surface area contributed by atoms with Crippen molar-refractivity contribution in [1.82, 2.24) is 0 Å². The van der Waals surface area contributed by atoms with Crippen LogP contribution in [0.3, 0.4) is 0 Å². The van der Waals surface area contributed by atoms with Gasteiger partial charge < -0.3 is 18.9 Å². The SMILES string of the molecule is Cc1cc(C)c(-c2cc3c4c(cc5c(-c6c(C)cc(C)cc6C)cc6c7c(cc2c4c57)B2c4ccccc4Oc4cc(C(=O)OCc5ccccc5)cc-6c42)B2c4ccccc4Oc4cc(C(=O)OCc5ccccc5)cc-3c42)c(C)c1. The van der Waals surface area contributed by atoms with E-state index in [-0.39, 0.29) is 26.6 Å². The zero-order chi connectivity index (χ0) is 55.4. The quantitative estimate of drug-likeness (QED) is 0.0858. The van der Waals surface area contributed by atoms with Crippen LogP contribution in [-0.2, 0) is 22.7 Å². The number of rotatable bonds is 8. The molecule has 4 aliphatic heterocycles. The molecule has 16 rings (SSSR count). The Morgan fingerprint density at radius 1 is 0.366 bits per heavy atom. The first-order valence-electron chi connectivity index (χ1n) is 28.3. The molecule has 0 atom stereocenters. The lowest BCUT2D eigenvalue weighted by molar-refractivity contribution is 0.0464. The van der Waals surface area contributed by atoms with Crippen molar-refractivity contribution in [3.05, 3.63) is 238 Å². The Hall–Kier alpha value is -9.65. The summed E-state index contributed by atoms with van der Waals surface area (Å²) in [6.45, 7) is 13.1. The second kappa shape index (κ2) is 17.9. The van der Waals surface area contributed by atoms with Gasteiger partial charge in [0.15, 0.2) is 0 Å². The number of fused-ring (bicyclic) bond motifs is 8. The van der Waals surface area contributed by atoms with E-state index < -0.39 is 11.9 Å². The number of hydrogen-bond acceptors (Lipinski definition) is 6. The Morgan fingerprint density at radius 2 is 0.744 bits per heavy atom. The number of aryl methyl sites for hydroxylation is 6. The van der Waals surface area contributed by atoms with E-state index >= 15 is 0 Å². The third-order valence-electron chi connectivity index (χ3n) is 17.9. The fraction of sp³-hybridized carbons (Fsp3) is 0.108. The van der Waals surface area contributed by atoms with Crippen molar-refractivity contribution in [2.24, 2.45) is 0 Å². The molecular weight excluding hydrogens is 1010 g/mol. The first-order valence-corrected chi connectivity index (χ1v) is 28.3. The average Bonchev–Trinajstić information content (AvgIpc) is 0.872. The van der Waals surface area contributed by atoms with Crippen LogP contribution in [-0.4, -0.2) is 25.4 Å². The van der Waals surface area contributed by atoms with Crippen molar-refractivity contribution in [2.45, 2.75) is 54.8 Å². The van der Waals surface area contributed by atoms with Crippen molar-refractivity contribution in [3.63, 3.8) is 0 Å². The predicted molar refractivity (Wildman–Crippen MR) is 334 cm³/mol. The maximum atomic E-state index is 14.6. The fourth-order valence-corrected chi connectivity index (χ4v) is 14.9. The molecule has 0 saturated carbocycles. The van der Waals surface area contributed by atoms with E-state index in [2.05, 4.69) is 126 Å². The van der Waals surface area contributed by atoms with Crippen molar-refractivity contribution in [1.29, 1.82) is 0 Å². The molecule has 12 aromatic rings. The molecule has 390 valence electrons. The Labute approximate surface area is 476 Å². The normalized spacial score (nSPS) is 12.9. The van der Waals surface area contributed by atoms with Gasteiger partial charge in [-0.2, -0.15) is 0 Å². The van der Waals surface area contributed by atoms with E-state index in [0.717, 1.165) is 99.4 Å². The van der Waals surface area contributed by atoms with Gasteiger partial charge in [0, 0.05) is 0 Å². The van der Waals surface area contributed by atoms with Gasteiger partial charge in [0.05, 0.1) is 11.1 Å².